The van der Waals surface area contributed by atoms with Crippen molar-refractivity contribution >= 4 is 17.1 Å². The van der Waals surface area contributed by atoms with E-state index in [9.17, 15) is 0 Å². The van der Waals surface area contributed by atoms with Crippen LogP contribution in [-0.2, 0) is 6.42 Å². The van der Waals surface area contributed by atoms with Gasteiger partial charge in [0, 0.05) is 24.2 Å². The Hall–Kier alpha value is -2.53. The van der Waals surface area contributed by atoms with Gasteiger partial charge in [0.25, 0.3) is 0 Å². The molecule has 0 saturated heterocycles. The fraction of sp³-hybridized carbons (Fsp3) is 0.167. The predicted molar refractivity (Wildman–Crippen MR) is 92.8 cm³/mol. The van der Waals surface area contributed by atoms with Crippen LogP contribution in [0.15, 0.2) is 48.1 Å². The van der Waals surface area contributed by atoms with Crippen LogP contribution in [0.2, 0.25) is 0 Å². The lowest BCUT2D eigenvalue weighted by molar-refractivity contribution is 1.09. The smallest absolute Gasteiger partial charge is 0.234 e. The molecule has 0 saturated carbocycles. The highest BCUT2D eigenvalue weighted by atomic mass is 32.1. The van der Waals surface area contributed by atoms with Gasteiger partial charge in [0.15, 0.2) is 0 Å². The van der Waals surface area contributed by atoms with Gasteiger partial charge >= 0.3 is 0 Å². The first-order chi connectivity index (χ1) is 11.2. The molecule has 0 aliphatic rings. The van der Waals surface area contributed by atoms with Crippen LogP contribution in [0.25, 0.3) is 17.2 Å². The Kier molecular flexibility index (Phi) is 3.42. The first-order valence-corrected chi connectivity index (χ1v) is 8.38. The predicted octanol–water partition coefficient (Wildman–Crippen LogP) is 4.06. The minimum Gasteiger partial charge on any atom is -0.282 e. The van der Waals surface area contributed by atoms with Gasteiger partial charge in [-0.15, -0.1) is 11.3 Å². The lowest BCUT2D eigenvalue weighted by Crippen LogP contribution is -1.92. The maximum Gasteiger partial charge on any atom is 0.234 e. The largest absolute Gasteiger partial charge is 0.282 e. The zero-order valence-electron chi connectivity index (χ0n) is 13.0. The van der Waals surface area contributed by atoms with Gasteiger partial charge in [0.2, 0.25) is 5.78 Å². The van der Waals surface area contributed by atoms with Crippen LogP contribution in [0.1, 0.15) is 21.8 Å². The third kappa shape index (κ3) is 2.64. The molecule has 0 atom stereocenters. The SMILES string of the molecule is Cc1ccc(Cc2nc(-c3c(C)nc4ncccn34)cs2)cc1. The Bertz CT molecular complexity index is 966. The average Bonchev–Trinajstić information content (AvgIpc) is 3.12. The van der Waals surface area contributed by atoms with Crippen LogP contribution in [0.3, 0.4) is 0 Å². The van der Waals surface area contributed by atoms with E-state index in [0.717, 1.165) is 28.5 Å². The van der Waals surface area contributed by atoms with Gasteiger partial charge in [-0.05, 0) is 25.5 Å². The molecule has 4 rings (SSSR count). The number of nitrogens with zero attached hydrogens (tertiary/aromatic N) is 4. The molecule has 0 aliphatic heterocycles. The molecular weight excluding hydrogens is 304 g/mol. The Morgan fingerprint density at radius 2 is 1.91 bits per heavy atom. The minimum atomic E-state index is 0.716. The van der Waals surface area contributed by atoms with E-state index in [1.165, 1.54) is 11.1 Å². The second-order valence-electron chi connectivity index (χ2n) is 5.62. The maximum atomic E-state index is 4.81. The molecule has 114 valence electrons. The zero-order chi connectivity index (χ0) is 15.8. The van der Waals surface area contributed by atoms with Crippen molar-refractivity contribution in [2.75, 3.05) is 0 Å². The zero-order valence-corrected chi connectivity index (χ0v) is 13.8. The molecule has 0 N–H and O–H groups in total. The van der Waals surface area contributed by atoms with Crippen LogP contribution in [-0.4, -0.2) is 19.4 Å². The van der Waals surface area contributed by atoms with Crippen molar-refractivity contribution < 1.29 is 0 Å². The van der Waals surface area contributed by atoms with Crippen molar-refractivity contribution in [2.24, 2.45) is 0 Å². The van der Waals surface area contributed by atoms with Crippen molar-refractivity contribution in [3.05, 3.63) is 69.9 Å². The van der Waals surface area contributed by atoms with E-state index in [0.29, 0.717) is 5.78 Å². The molecule has 0 bridgehead atoms. The van der Waals surface area contributed by atoms with Gasteiger partial charge in [0.05, 0.1) is 16.4 Å². The van der Waals surface area contributed by atoms with E-state index >= 15 is 0 Å². The van der Waals surface area contributed by atoms with Gasteiger partial charge in [-0.25, -0.2) is 15.0 Å². The van der Waals surface area contributed by atoms with Crippen LogP contribution in [0, 0.1) is 13.8 Å². The summed E-state index contributed by atoms with van der Waals surface area (Å²) in [6.45, 7) is 4.11. The third-order valence-corrected chi connectivity index (χ3v) is 4.70. The maximum absolute atomic E-state index is 4.81. The van der Waals surface area contributed by atoms with Crippen molar-refractivity contribution in [3.8, 4) is 11.4 Å². The number of thiazole rings is 1. The molecule has 0 amide bonds. The normalized spacial score (nSPS) is 11.2. The van der Waals surface area contributed by atoms with Crippen LogP contribution >= 0.6 is 11.3 Å². The standard InChI is InChI=1S/C18H16N4S/c1-12-4-6-14(7-5-12)10-16-21-15(11-23-16)17-13(2)20-18-19-8-3-9-22(17)18/h3-9,11H,10H2,1-2H3. The Morgan fingerprint density at radius 1 is 1.09 bits per heavy atom. The van der Waals surface area contributed by atoms with E-state index in [2.05, 4.69) is 46.5 Å². The molecule has 0 spiro atoms. The van der Waals surface area contributed by atoms with Crippen molar-refractivity contribution in [1.29, 1.82) is 0 Å². The highest BCUT2D eigenvalue weighted by Crippen LogP contribution is 2.26. The molecule has 23 heavy (non-hydrogen) atoms. The minimum absolute atomic E-state index is 0.716. The number of hydrogen-bond donors (Lipinski definition) is 0. The second-order valence-corrected chi connectivity index (χ2v) is 6.57. The van der Waals surface area contributed by atoms with E-state index in [1.54, 1.807) is 17.5 Å². The highest BCUT2D eigenvalue weighted by Gasteiger charge is 2.14. The highest BCUT2D eigenvalue weighted by molar-refractivity contribution is 7.10. The van der Waals surface area contributed by atoms with E-state index in [1.807, 2.05) is 23.6 Å². The summed E-state index contributed by atoms with van der Waals surface area (Å²) in [6, 6.07) is 10.5. The van der Waals surface area contributed by atoms with Gasteiger partial charge < -0.3 is 0 Å². The number of aryl methyl sites for hydroxylation is 2. The molecular formula is C18H16N4S. The van der Waals surface area contributed by atoms with Gasteiger partial charge in [-0.1, -0.05) is 29.8 Å². The summed E-state index contributed by atoms with van der Waals surface area (Å²) in [6.07, 6.45) is 4.60. The summed E-state index contributed by atoms with van der Waals surface area (Å²) in [7, 11) is 0. The molecule has 0 fully saturated rings. The van der Waals surface area contributed by atoms with Crippen LogP contribution < -0.4 is 0 Å². The van der Waals surface area contributed by atoms with Crippen molar-refractivity contribution in [2.45, 2.75) is 20.3 Å². The Morgan fingerprint density at radius 3 is 2.74 bits per heavy atom. The summed E-state index contributed by atoms with van der Waals surface area (Å²) in [4.78, 5) is 13.6. The Labute approximate surface area is 138 Å². The molecule has 0 aliphatic carbocycles. The summed E-state index contributed by atoms with van der Waals surface area (Å²) < 4.78 is 2.00. The molecule has 5 heteroatoms. The van der Waals surface area contributed by atoms with Crippen LogP contribution in [0.4, 0.5) is 0 Å². The van der Waals surface area contributed by atoms with E-state index in [-0.39, 0.29) is 0 Å². The summed E-state index contributed by atoms with van der Waals surface area (Å²) in [5.41, 5.74) is 5.51. The van der Waals surface area contributed by atoms with E-state index < -0.39 is 0 Å². The fourth-order valence-electron chi connectivity index (χ4n) is 2.69. The monoisotopic (exact) mass is 320 g/mol. The number of aromatic nitrogens is 4. The number of hydrogen-bond acceptors (Lipinski definition) is 4. The van der Waals surface area contributed by atoms with Crippen molar-refractivity contribution in [3.63, 3.8) is 0 Å². The van der Waals surface area contributed by atoms with E-state index in [4.69, 9.17) is 4.98 Å². The summed E-state index contributed by atoms with van der Waals surface area (Å²) >= 11 is 1.69. The second kappa shape index (κ2) is 5.59. The molecule has 4 aromatic rings. The molecule has 4 nitrogen and oxygen atoms in total. The quantitative estimate of drug-likeness (QED) is 0.572. The topological polar surface area (TPSA) is 43.1 Å². The number of fused-ring (bicyclic) bond motifs is 1. The lowest BCUT2D eigenvalue weighted by atomic mass is 10.1. The molecule has 1 aromatic carbocycles. The first-order valence-electron chi connectivity index (χ1n) is 7.51. The molecule has 3 heterocycles. The molecule has 3 aromatic heterocycles. The van der Waals surface area contributed by atoms with Gasteiger partial charge in [-0.2, -0.15) is 0 Å². The average molecular weight is 320 g/mol. The Balaban J connectivity index is 1.69. The number of benzene rings is 1. The van der Waals surface area contributed by atoms with Gasteiger partial charge in [-0.3, -0.25) is 4.40 Å². The molecule has 0 unspecified atom stereocenters. The number of rotatable bonds is 3. The summed E-state index contributed by atoms with van der Waals surface area (Å²) in [5, 5.41) is 3.22. The van der Waals surface area contributed by atoms with Crippen molar-refractivity contribution in [1.82, 2.24) is 19.4 Å². The third-order valence-electron chi connectivity index (χ3n) is 3.85. The summed E-state index contributed by atoms with van der Waals surface area (Å²) in [5.74, 6) is 0.716. The first kappa shape index (κ1) is 14.1. The van der Waals surface area contributed by atoms with Gasteiger partial charge in [0.1, 0.15) is 5.69 Å². The number of imidazole rings is 1. The fourth-order valence-corrected chi connectivity index (χ4v) is 3.50. The van der Waals surface area contributed by atoms with Crippen LogP contribution in [0.5, 0.6) is 0 Å². The lowest BCUT2D eigenvalue weighted by Gasteiger charge is -2.00. The molecule has 0 radical (unpaired) electrons.